The Morgan fingerprint density at radius 1 is 1.29 bits per heavy atom. The summed E-state index contributed by atoms with van der Waals surface area (Å²) in [5, 5.41) is 9.17. The number of anilines is 1. The van der Waals surface area contributed by atoms with Crippen LogP contribution in [0.2, 0.25) is 0 Å². The average Bonchev–Trinajstić information content (AvgIpc) is 2.91. The zero-order chi connectivity index (χ0) is 14.8. The maximum Gasteiger partial charge on any atom is 0.156 e. The van der Waals surface area contributed by atoms with E-state index < -0.39 is 0 Å². The Kier molecular flexibility index (Phi) is 3.76. The van der Waals surface area contributed by atoms with Gasteiger partial charge in [-0.3, -0.25) is 4.90 Å². The van der Waals surface area contributed by atoms with Crippen molar-refractivity contribution in [2.45, 2.75) is 19.4 Å². The van der Waals surface area contributed by atoms with Gasteiger partial charge in [-0.05, 0) is 12.5 Å². The molecule has 1 aliphatic heterocycles. The van der Waals surface area contributed by atoms with Crippen LogP contribution in [-0.2, 0) is 7.05 Å². The fourth-order valence-corrected chi connectivity index (χ4v) is 2.96. The molecule has 0 radical (unpaired) electrons. The molecule has 3 heterocycles. The van der Waals surface area contributed by atoms with E-state index in [-0.39, 0.29) is 6.04 Å². The number of nitriles is 1. The number of fused-ring (bicyclic) bond motifs is 1. The molecule has 0 saturated carbocycles. The summed E-state index contributed by atoms with van der Waals surface area (Å²) in [7, 11) is 2.00. The van der Waals surface area contributed by atoms with Gasteiger partial charge in [-0.2, -0.15) is 5.26 Å². The van der Waals surface area contributed by atoms with Gasteiger partial charge in [0, 0.05) is 39.4 Å². The van der Waals surface area contributed by atoms with Gasteiger partial charge in [0.2, 0.25) is 0 Å². The van der Waals surface area contributed by atoms with Gasteiger partial charge < -0.3 is 9.47 Å². The van der Waals surface area contributed by atoms with Crippen LogP contribution < -0.4 is 4.90 Å². The van der Waals surface area contributed by atoms with Crippen LogP contribution in [0.4, 0.5) is 5.82 Å². The Balaban J connectivity index is 1.79. The lowest BCUT2D eigenvalue weighted by atomic mass is 10.2. The number of imidazole rings is 1. The lowest BCUT2D eigenvalue weighted by Gasteiger charge is -2.37. The summed E-state index contributed by atoms with van der Waals surface area (Å²) in [4.78, 5) is 13.5. The number of hydrogen-bond acceptors (Lipinski definition) is 5. The van der Waals surface area contributed by atoms with Crippen molar-refractivity contribution in [1.29, 1.82) is 5.26 Å². The van der Waals surface area contributed by atoms with Gasteiger partial charge in [0.25, 0.3) is 0 Å². The highest BCUT2D eigenvalue weighted by Gasteiger charge is 2.24. The largest absolute Gasteiger partial charge is 0.352 e. The number of nitrogens with zero attached hydrogens (tertiary/aromatic N) is 6. The number of hydrogen-bond donors (Lipinski definition) is 0. The van der Waals surface area contributed by atoms with E-state index in [1.165, 1.54) is 0 Å². The Morgan fingerprint density at radius 3 is 2.71 bits per heavy atom. The van der Waals surface area contributed by atoms with Gasteiger partial charge in [0.1, 0.15) is 5.52 Å². The quantitative estimate of drug-likeness (QED) is 0.852. The van der Waals surface area contributed by atoms with Crippen molar-refractivity contribution in [2.24, 2.45) is 7.05 Å². The summed E-state index contributed by atoms with van der Waals surface area (Å²) in [6.07, 6.45) is 4.55. The molecule has 0 N–H and O–H groups in total. The molecule has 1 unspecified atom stereocenters. The number of rotatable bonds is 3. The highest BCUT2D eigenvalue weighted by Crippen LogP contribution is 2.24. The summed E-state index contributed by atoms with van der Waals surface area (Å²) in [6, 6.07) is 4.41. The first kappa shape index (κ1) is 13.8. The van der Waals surface area contributed by atoms with E-state index in [4.69, 9.17) is 0 Å². The molecule has 110 valence electrons. The van der Waals surface area contributed by atoms with E-state index >= 15 is 0 Å². The number of piperazine rings is 1. The van der Waals surface area contributed by atoms with Crippen LogP contribution in [0.1, 0.15) is 13.3 Å². The van der Waals surface area contributed by atoms with Crippen LogP contribution in [0, 0.1) is 11.3 Å². The van der Waals surface area contributed by atoms with Crippen LogP contribution in [0.15, 0.2) is 18.6 Å². The Labute approximate surface area is 124 Å². The van der Waals surface area contributed by atoms with Gasteiger partial charge in [-0.15, -0.1) is 0 Å². The molecule has 6 nitrogen and oxygen atoms in total. The lowest BCUT2D eigenvalue weighted by molar-refractivity contribution is 0.216. The van der Waals surface area contributed by atoms with E-state index in [2.05, 4.69) is 32.8 Å². The Morgan fingerprint density at radius 2 is 2.05 bits per heavy atom. The number of aromatic nitrogens is 3. The lowest BCUT2D eigenvalue weighted by Crippen LogP contribution is -2.50. The third-order valence-corrected chi connectivity index (χ3v) is 4.21. The van der Waals surface area contributed by atoms with Gasteiger partial charge >= 0.3 is 0 Å². The van der Waals surface area contributed by atoms with Crippen molar-refractivity contribution in [3.8, 4) is 6.07 Å². The van der Waals surface area contributed by atoms with Crippen molar-refractivity contribution in [2.75, 3.05) is 31.1 Å². The van der Waals surface area contributed by atoms with Gasteiger partial charge in [0.05, 0.1) is 24.0 Å². The minimum Gasteiger partial charge on any atom is -0.352 e. The van der Waals surface area contributed by atoms with Gasteiger partial charge in [-0.1, -0.05) is 6.92 Å². The monoisotopic (exact) mass is 284 g/mol. The second kappa shape index (κ2) is 5.70. The van der Waals surface area contributed by atoms with E-state index in [9.17, 15) is 5.26 Å². The second-order valence-corrected chi connectivity index (χ2v) is 5.43. The molecule has 6 heteroatoms. The van der Waals surface area contributed by atoms with Crippen LogP contribution in [0.5, 0.6) is 0 Å². The van der Waals surface area contributed by atoms with Crippen molar-refractivity contribution in [1.82, 2.24) is 19.4 Å². The molecule has 0 spiro atoms. The Hall–Kier alpha value is -2.13. The second-order valence-electron chi connectivity index (χ2n) is 5.43. The first-order valence-electron chi connectivity index (χ1n) is 7.39. The molecule has 0 aromatic carbocycles. The molecule has 0 aliphatic carbocycles. The van der Waals surface area contributed by atoms with Crippen molar-refractivity contribution < 1.29 is 0 Å². The first-order valence-corrected chi connectivity index (χ1v) is 7.39. The Bertz CT molecular complexity index is 662. The van der Waals surface area contributed by atoms with E-state index in [0.29, 0.717) is 0 Å². The normalized spacial score (nSPS) is 17.9. The van der Waals surface area contributed by atoms with Crippen LogP contribution in [0.25, 0.3) is 11.0 Å². The molecule has 1 saturated heterocycles. The van der Waals surface area contributed by atoms with Gasteiger partial charge in [0.15, 0.2) is 5.82 Å². The molecule has 1 atom stereocenters. The predicted octanol–water partition coefficient (Wildman–Crippen LogP) is 1.39. The molecular formula is C15H20N6. The molecular weight excluding hydrogens is 264 g/mol. The summed E-state index contributed by atoms with van der Waals surface area (Å²) < 4.78 is 2.01. The molecule has 2 aromatic rings. The van der Waals surface area contributed by atoms with E-state index in [1.807, 2.05) is 30.2 Å². The molecule has 21 heavy (non-hydrogen) atoms. The maximum atomic E-state index is 9.17. The minimum atomic E-state index is 0.0331. The number of pyridine rings is 1. The summed E-state index contributed by atoms with van der Waals surface area (Å²) >= 11 is 0. The first-order chi connectivity index (χ1) is 10.2. The molecule has 0 bridgehead atoms. The highest BCUT2D eigenvalue weighted by atomic mass is 15.3. The van der Waals surface area contributed by atoms with E-state index in [1.54, 1.807) is 0 Å². The minimum absolute atomic E-state index is 0.0331. The zero-order valence-electron chi connectivity index (χ0n) is 12.5. The smallest absolute Gasteiger partial charge is 0.156 e. The van der Waals surface area contributed by atoms with E-state index in [0.717, 1.165) is 49.5 Å². The fourth-order valence-electron chi connectivity index (χ4n) is 2.96. The molecule has 1 aliphatic rings. The predicted molar refractivity (Wildman–Crippen MR) is 82.0 cm³/mol. The van der Waals surface area contributed by atoms with Crippen LogP contribution in [-0.4, -0.2) is 51.7 Å². The maximum absolute atomic E-state index is 9.17. The zero-order valence-corrected chi connectivity index (χ0v) is 12.5. The topological polar surface area (TPSA) is 61.0 Å². The summed E-state index contributed by atoms with van der Waals surface area (Å²) in [6.45, 7) is 5.64. The van der Waals surface area contributed by atoms with Gasteiger partial charge in [-0.25, -0.2) is 9.97 Å². The highest BCUT2D eigenvalue weighted by molar-refractivity contribution is 5.86. The fraction of sp³-hybridized carbons (Fsp3) is 0.533. The summed E-state index contributed by atoms with van der Waals surface area (Å²) in [5.41, 5.74) is 2.06. The summed E-state index contributed by atoms with van der Waals surface area (Å²) in [5.74, 6) is 0.956. The van der Waals surface area contributed by atoms with Crippen molar-refractivity contribution in [3.63, 3.8) is 0 Å². The third-order valence-electron chi connectivity index (χ3n) is 4.21. The number of aryl methyl sites for hydroxylation is 1. The standard InChI is InChI=1S/C15H20N6/c1-3-12(10-16)20-6-8-21(9-7-20)15-14-13(4-5-17-15)19(2)11-18-14/h4-5,11-12H,3,6-9H2,1-2H3. The molecule has 1 fully saturated rings. The SMILES string of the molecule is CCC(C#N)N1CCN(c2nccc3c2ncn3C)CC1. The third kappa shape index (κ3) is 2.45. The van der Waals surface area contributed by atoms with Crippen LogP contribution >= 0.6 is 0 Å². The van der Waals surface area contributed by atoms with Crippen LogP contribution in [0.3, 0.4) is 0 Å². The van der Waals surface area contributed by atoms with Crippen molar-refractivity contribution >= 4 is 16.9 Å². The molecule has 3 rings (SSSR count). The molecule has 2 aromatic heterocycles. The van der Waals surface area contributed by atoms with Crippen molar-refractivity contribution in [3.05, 3.63) is 18.6 Å². The average molecular weight is 284 g/mol. The molecule has 0 amide bonds.